The molecule has 2 fully saturated rings. The second kappa shape index (κ2) is 6.32. The lowest BCUT2D eigenvalue weighted by Gasteiger charge is -2.38. The Bertz CT molecular complexity index is 671. The van der Waals surface area contributed by atoms with Crippen LogP contribution in [0.15, 0.2) is 12.1 Å². The predicted octanol–water partition coefficient (Wildman–Crippen LogP) is 5.38. The lowest BCUT2D eigenvalue weighted by atomic mass is 9.74. The normalized spacial score (nSPS) is 31.4. The molecule has 2 aliphatic carbocycles. The Morgan fingerprint density at radius 1 is 1.20 bits per heavy atom. The molecule has 1 aromatic carbocycles. The molecular weight excluding hydrogens is 371 g/mol. The van der Waals surface area contributed by atoms with Crippen molar-refractivity contribution in [3.8, 4) is 0 Å². The number of nitrogens with one attached hydrogen (secondary N) is 1. The second-order valence-electron chi connectivity index (χ2n) is 8.38. The molecule has 2 nitrogen and oxygen atoms in total. The van der Waals surface area contributed by atoms with Crippen LogP contribution in [-0.4, -0.2) is 15.0 Å². The molecule has 7 heteroatoms. The Morgan fingerprint density at radius 2 is 1.80 bits per heavy atom. The van der Waals surface area contributed by atoms with Gasteiger partial charge in [0.25, 0.3) is 0 Å². The van der Waals surface area contributed by atoms with Crippen molar-refractivity contribution < 1.29 is 17.7 Å². The SMILES string of the molecule is CC(C)(C)[S@@+]([O-])N[C@H](c1c(F)ccc(Cl)c1F)C12CCC(F)(CC1)C2. The third-order valence-electron chi connectivity index (χ3n) is 5.57. The number of hydrogen-bond acceptors (Lipinski definition) is 2. The average molecular weight is 394 g/mol. The Labute approximate surface area is 154 Å². The van der Waals surface area contributed by atoms with E-state index in [0.717, 1.165) is 12.1 Å². The van der Waals surface area contributed by atoms with Crippen LogP contribution in [-0.2, 0) is 11.4 Å². The van der Waals surface area contributed by atoms with Crippen LogP contribution < -0.4 is 4.72 Å². The van der Waals surface area contributed by atoms with Crippen molar-refractivity contribution >= 4 is 23.0 Å². The highest BCUT2D eigenvalue weighted by Gasteiger charge is 2.60. The summed E-state index contributed by atoms with van der Waals surface area (Å²) in [5.74, 6) is -1.61. The molecule has 2 aliphatic rings. The van der Waals surface area contributed by atoms with E-state index in [1.54, 1.807) is 20.8 Å². The summed E-state index contributed by atoms with van der Waals surface area (Å²) in [6, 6.07) is 1.39. The van der Waals surface area contributed by atoms with Gasteiger partial charge in [0.2, 0.25) is 0 Å². The van der Waals surface area contributed by atoms with Gasteiger partial charge in [-0.25, -0.2) is 13.2 Å². The van der Waals surface area contributed by atoms with Gasteiger partial charge in [-0.1, -0.05) is 11.6 Å². The van der Waals surface area contributed by atoms with Crippen LogP contribution in [0.25, 0.3) is 0 Å². The van der Waals surface area contributed by atoms with Crippen LogP contribution >= 0.6 is 11.6 Å². The summed E-state index contributed by atoms with van der Waals surface area (Å²) >= 11 is 4.31. The van der Waals surface area contributed by atoms with Crippen molar-refractivity contribution in [1.29, 1.82) is 0 Å². The van der Waals surface area contributed by atoms with Crippen molar-refractivity contribution in [2.24, 2.45) is 5.41 Å². The van der Waals surface area contributed by atoms with Crippen LogP contribution in [0.1, 0.15) is 64.5 Å². The number of halogens is 4. The van der Waals surface area contributed by atoms with Gasteiger partial charge in [-0.2, -0.15) is 0 Å². The first-order chi connectivity index (χ1) is 11.5. The summed E-state index contributed by atoms with van der Waals surface area (Å²) in [7, 11) is 0. The molecule has 2 saturated carbocycles. The highest BCUT2D eigenvalue weighted by Crippen LogP contribution is 2.64. The molecule has 140 valence electrons. The Kier molecular flexibility index (Phi) is 4.89. The second-order valence-corrected chi connectivity index (χ2v) is 10.8. The van der Waals surface area contributed by atoms with E-state index in [0.29, 0.717) is 25.7 Å². The Hall–Kier alpha value is -0.430. The number of fused-ring (bicyclic) bond motifs is 2. The zero-order valence-electron chi connectivity index (χ0n) is 14.6. The monoisotopic (exact) mass is 393 g/mol. The average Bonchev–Trinajstić information content (AvgIpc) is 3.04. The lowest BCUT2D eigenvalue weighted by Crippen LogP contribution is -2.46. The first-order valence-corrected chi connectivity index (χ1v) is 10.0. The smallest absolute Gasteiger partial charge is 0.149 e. The van der Waals surface area contributed by atoms with Crippen LogP contribution in [0, 0.1) is 17.0 Å². The molecule has 0 unspecified atom stereocenters. The van der Waals surface area contributed by atoms with E-state index >= 15 is 0 Å². The number of alkyl halides is 1. The van der Waals surface area contributed by atoms with Gasteiger partial charge >= 0.3 is 0 Å². The molecule has 1 aromatic rings. The molecular formula is C18H23ClF3NOS. The quantitative estimate of drug-likeness (QED) is 0.550. The molecule has 0 saturated heterocycles. The van der Waals surface area contributed by atoms with E-state index in [-0.39, 0.29) is 17.0 Å². The third kappa shape index (κ3) is 3.43. The molecule has 0 spiro atoms. The maximum absolute atomic E-state index is 14.7. The standard InChI is InChI=1S/C18H23ClF3NOS/c1-16(2,3)25(24)23-15(13-12(20)5-4-11(19)14(13)21)17-6-8-18(22,10-17)9-7-17/h4-5,15,23H,6-10H2,1-3H3/t15-,17?,18?,25-/m1/s1. The summed E-state index contributed by atoms with van der Waals surface area (Å²) in [6.07, 6.45) is 1.99. The van der Waals surface area contributed by atoms with Gasteiger partial charge in [0.15, 0.2) is 0 Å². The topological polar surface area (TPSA) is 35.1 Å². The summed E-state index contributed by atoms with van der Waals surface area (Å²) in [5.41, 5.74) is -2.16. The molecule has 25 heavy (non-hydrogen) atoms. The van der Waals surface area contributed by atoms with E-state index in [1.807, 2.05) is 0 Å². The van der Waals surface area contributed by atoms with E-state index in [4.69, 9.17) is 11.6 Å². The minimum atomic E-state index is -1.56. The van der Waals surface area contributed by atoms with Crippen LogP contribution in [0.3, 0.4) is 0 Å². The number of benzene rings is 1. The van der Waals surface area contributed by atoms with E-state index in [2.05, 4.69) is 4.72 Å². The third-order valence-corrected chi connectivity index (χ3v) is 7.43. The van der Waals surface area contributed by atoms with Crippen molar-refractivity contribution in [2.75, 3.05) is 0 Å². The molecule has 0 radical (unpaired) electrons. The summed E-state index contributed by atoms with van der Waals surface area (Å²) in [4.78, 5) is 0. The molecule has 3 rings (SSSR count). The molecule has 0 aliphatic heterocycles. The van der Waals surface area contributed by atoms with Gasteiger partial charge in [-0.3, -0.25) is 0 Å². The highest BCUT2D eigenvalue weighted by molar-refractivity contribution is 7.90. The fourth-order valence-electron chi connectivity index (χ4n) is 4.15. The summed E-state index contributed by atoms with van der Waals surface area (Å²) in [5, 5.41) is -0.191. The van der Waals surface area contributed by atoms with Crippen molar-refractivity contribution in [1.82, 2.24) is 4.72 Å². The summed E-state index contributed by atoms with van der Waals surface area (Å²) < 4.78 is 59.0. The molecule has 0 aromatic heterocycles. The van der Waals surface area contributed by atoms with Crippen molar-refractivity contribution in [2.45, 2.75) is 69.3 Å². The van der Waals surface area contributed by atoms with Gasteiger partial charge in [0, 0.05) is 16.9 Å². The van der Waals surface area contributed by atoms with Gasteiger partial charge in [0.05, 0.1) is 11.1 Å². The predicted molar refractivity (Wildman–Crippen MR) is 94.5 cm³/mol. The minimum Gasteiger partial charge on any atom is -0.598 e. The van der Waals surface area contributed by atoms with E-state index in [1.165, 1.54) is 0 Å². The highest BCUT2D eigenvalue weighted by atomic mass is 35.5. The first kappa shape index (κ1) is 19.3. The van der Waals surface area contributed by atoms with Crippen molar-refractivity contribution in [3.05, 3.63) is 34.4 Å². The van der Waals surface area contributed by atoms with Gasteiger partial charge < -0.3 is 4.55 Å². The molecule has 1 N–H and O–H groups in total. The summed E-state index contributed by atoms with van der Waals surface area (Å²) in [6.45, 7) is 5.33. The molecule has 2 bridgehead atoms. The maximum Gasteiger partial charge on any atom is 0.149 e. The molecule has 0 amide bonds. The van der Waals surface area contributed by atoms with E-state index < -0.39 is 44.9 Å². The van der Waals surface area contributed by atoms with Gasteiger partial charge in [0.1, 0.15) is 22.1 Å². The molecule has 0 heterocycles. The maximum atomic E-state index is 14.7. The Balaban J connectivity index is 2.07. The zero-order valence-corrected chi connectivity index (χ0v) is 16.2. The zero-order chi connectivity index (χ0) is 18.6. The van der Waals surface area contributed by atoms with Gasteiger partial charge in [-0.15, -0.1) is 4.72 Å². The van der Waals surface area contributed by atoms with Crippen molar-refractivity contribution in [3.63, 3.8) is 0 Å². The lowest BCUT2D eigenvalue weighted by molar-refractivity contribution is 0.175. The van der Waals surface area contributed by atoms with Crippen LogP contribution in [0.5, 0.6) is 0 Å². The fraction of sp³-hybridized carbons (Fsp3) is 0.667. The molecule has 2 atom stereocenters. The van der Waals surface area contributed by atoms with E-state index in [9.17, 15) is 17.7 Å². The van der Waals surface area contributed by atoms with Gasteiger partial charge in [-0.05, 0) is 70.4 Å². The van der Waals surface area contributed by atoms with Crippen LogP contribution in [0.4, 0.5) is 13.2 Å². The van der Waals surface area contributed by atoms with Crippen LogP contribution in [0.2, 0.25) is 5.02 Å². The fourth-order valence-corrected chi connectivity index (χ4v) is 5.25. The first-order valence-electron chi connectivity index (χ1n) is 8.48. The minimum absolute atomic E-state index is 0.191. The number of rotatable bonds is 4. The Morgan fingerprint density at radius 3 is 2.28 bits per heavy atom. The largest absolute Gasteiger partial charge is 0.598 e. The number of hydrogen-bond donors (Lipinski definition) is 1.